The number of amidine groups is 1. The summed E-state index contributed by atoms with van der Waals surface area (Å²) < 4.78 is 5.91. The van der Waals surface area contributed by atoms with Crippen LogP contribution in [0.4, 0.5) is 0 Å². The van der Waals surface area contributed by atoms with Crippen LogP contribution in [0.15, 0.2) is 46.8 Å². The minimum absolute atomic E-state index is 0.693. The third-order valence-corrected chi connectivity index (χ3v) is 4.21. The highest BCUT2D eigenvalue weighted by atomic mass is 16.5. The van der Waals surface area contributed by atoms with Gasteiger partial charge in [0.05, 0.1) is 13.2 Å². The van der Waals surface area contributed by atoms with E-state index in [-0.39, 0.29) is 0 Å². The predicted molar refractivity (Wildman–Crippen MR) is 80.4 cm³/mol. The molecule has 20 heavy (non-hydrogen) atoms. The van der Waals surface area contributed by atoms with E-state index in [9.17, 15) is 0 Å². The van der Waals surface area contributed by atoms with Gasteiger partial charge in [-0.1, -0.05) is 24.3 Å². The Bertz CT molecular complexity index is 655. The number of benzene rings is 1. The molecule has 0 aromatic heterocycles. The van der Waals surface area contributed by atoms with Gasteiger partial charge in [-0.2, -0.15) is 0 Å². The van der Waals surface area contributed by atoms with Crippen LogP contribution in [0.5, 0.6) is 0 Å². The first-order valence-electron chi connectivity index (χ1n) is 7.36. The monoisotopic (exact) mass is 266 g/mol. The van der Waals surface area contributed by atoms with Crippen LogP contribution in [0.3, 0.4) is 0 Å². The minimum atomic E-state index is 0.693. The third-order valence-electron chi connectivity index (χ3n) is 4.21. The second kappa shape index (κ2) is 4.51. The first-order chi connectivity index (χ1) is 9.88. The van der Waals surface area contributed by atoms with Crippen molar-refractivity contribution in [2.24, 2.45) is 4.99 Å². The van der Waals surface area contributed by atoms with Crippen molar-refractivity contribution in [1.82, 2.24) is 4.90 Å². The van der Waals surface area contributed by atoms with E-state index in [1.807, 2.05) is 6.92 Å². The lowest BCUT2D eigenvalue weighted by Gasteiger charge is -2.34. The van der Waals surface area contributed by atoms with Crippen molar-refractivity contribution in [3.8, 4) is 0 Å². The van der Waals surface area contributed by atoms with Gasteiger partial charge in [0.15, 0.2) is 0 Å². The van der Waals surface area contributed by atoms with E-state index in [1.165, 1.54) is 22.4 Å². The largest absolute Gasteiger partial charge is 0.493 e. The third kappa shape index (κ3) is 1.62. The van der Waals surface area contributed by atoms with Gasteiger partial charge in [-0.15, -0.1) is 0 Å². The first-order valence-corrected chi connectivity index (χ1v) is 7.36. The molecule has 0 amide bonds. The highest BCUT2D eigenvalue weighted by molar-refractivity contribution is 6.03. The van der Waals surface area contributed by atoms with Crippen LogP contribution >= 0.6 is 0 Å². The molecule has 0 N–H and O–H groups in total. The summed E-state index contributed by atoms with van der Waals surface area (Å²) in [6.45, 7) is 4.63. The second-order valence-corrected chi connectivity index (χ2v) is 5.31. The van der Waals surface area contributed by atoms with Crippen molar-refractivity contribution >= 4 is 11.4 Å². The first kappa shape index (κ1) is 11.8. The second-order valence-electron chi connectivity index (χ2n) is 5.31. The van der Waals surface area contributed by atoms with E-state index < -0.39 is 0 Å². The number of aryl methyl sites for hydroxylation is 1. The van der Waals surface area contributed by atoms with Crippen molar-refractivity contribution in [3.05, 3.63) is 52.9 Å². The molecular formula is C17H18N2O. The number of allylic oxidation sites excluding steroid dienone is 2. The molecule has 0 fully saturated rings. The predicted octanol–water partition coefficient (Wildman–Crippen LogP) is 2.99. The van der Waals surface area contributed by atoms with Gasteiger partial charge in [0, 0.05) is 23.9 Å². The quantitative estimate of drug-likeness (QED) is 0.822. The Balaban J connectivity index is 1.90. The number of hydrogen-bond donors (Lipinski definition) is 0. The lowest BCUT2D eigenvalue weighted by Crippen LogP contribution is -2.32. The SMILES string of the molecule is CCOC1=CC2=NCCN2C2=C1c1ccccc1CC2. The van der Waals surface area contributed by atoms with Crippen LogP contribution < -0.4 is 0 Å². The number of rotatable bonds is 2. The summed E-state index contributed by atoms with van der Waals surface area (Å²) >= 11 is 0. The molecule has 1 aliphatic carbocycles. The zero-order chi connectivity index (χ0) is 13.5. The molecule has 3 aliphatic rings. The fourth-order valence-electron chi connectivity index (χ4n) is 3.38. The van der Waals surface area contributed by atoms with E-state index in [0.29, 0.717) is 6.61 Å². The van der Waals surface area contributed by atoms with Crippen LogP contribution in [0, 0.1) is 0 Å². The molecule has 0 atom stereocenters. The molecule has 1 aromatic rings. The van der Waals surface area contributed by atoms with Crippen LogP contribution in [-0.2, 0) is 11.2 Å². The summed E-state index contributed by atoms with van der Waals surface area (Å²) in [6, 6.07) is 8.69. The molecule has 0 unspecified atom stereocenters. The van der Waals surface area contributed by atoms with Crippen LogP contribution in [0.1, 0.15) is 24.5 Å². The number of hydrogen-bond acceptors (Lipinski definition) is 3. The van der Waals surface area contributed by atoms with Gasteiger partial charge in [-0.3, -0.25) is 4.99 Å². The van der Waals surface area contributed by atoms with Gasteiger partial charge >= 0.3 is 0 Å². The molecule has 0 bridgehead atoms. The van der Waals surface area contributed by atoms with E-state index in [2.05, 4.69) is 40.2 Å². The molecule has 0 saturated heterocycles. The normalized spacial score (nSPS) is 19.9. The number of ether oxygens (including phenoxy) is 1. The summed E-state index contributed by atoms with van der Waals surface area (Å²) in [5, 5.41) is 0. The molecule has 2 aliphatic heterocycles. The van der Waals surface area contributed by atoms with Crippen molar-refractivity contribution in [2.45, 2.75) is 19.8 Å². The standard InChI is InChI=1S/C17H18N2O/c1-2-20-15-11-16-18-9-10-19(16)14-8-7-12-5-3-4-6-13(12)17(14)15/h3-6,11H,2,7-10H2,1H3. The molecule has 4 rings (SSSR count). The summed E-state index contributed by atoms with van der Waals surface area (Å²) in [4.78, 5) is 6.96. The molecule has 0 spiro atoms. The Hall–Kier alpha value is -2.03. The average Bonchev–Trinajstić information content (AvgIpc) is 2.95. The summed E-state index contributed by atoms with van der Waals surface area (Å²) in [5.41, 5.74) is 5.44. The Labute approximate surface area is 119 Å². The lowest BCUT2D eigenvalue weighted by atomic mass is 9.85. The zero-order valence-electron chi connectivity index (χ0n) is 11.7. The van der Waals surface area contributed by atoms with E-state index >= 15 is 0 Å². The highest BCUT2D eigenvalue weighted by Crippen LogP contribution is 2.41. The van der Waals surface area contributed by atoms with Gasteiger partial charge < -0.3 is 9.64 Å². The highest BCUT2D eigenvalue weighted by Gasteiger charge is 2.33. The maximum Gasteiger partial charge on any atom is 0.132 e. The lowest BCUT2D eigenvalue weighted by molar-refractivity contribution is 0.243. The van der Waals surface area contributed by atoms with Gasteiger partial charge in [0.2, 0.25) is 0 Å². The Kier molecular flexibility index (Phi) is 2.66. The molecule has 1 aromatic carbocycles. The fraction of sp³-hybridized carbons (Fsp3) is 0.353. The van der Waals surface area contributed by atoms with Gasteiger partial charge in [0.25, 0.3) is 0 Å². The van der Waals surface area contributed by atoms with Gasteiger partial charge in [0.1, 0.15) is 11.6 Å². The smallest absolute Gasteiger partial charge is 0.132 e. The van der Waals surface area contributed by atoms with E-state index in [0.717, 1.165) is 37.5 Å². The number of aliphatic imine (C=N–C) groups is 1. The fourth-order valence-corrected chi connectivity index (χ4v) is 3.38. The molecular weight excluding hydrogens is 248 g/mol. The van der Waals surface area contributed by atoms with Crippen molar-refractivity contribution in [2.75, 3.05) is 19.7 Å². The van der Waals surface area contributed by atoms with Crippen molar-refractivity contribution < 1.29 is 4.74 Å². The van der Waals surface area contributed by atoms with Crippen molar-refractivity contribution in [3.63, 3.8) is 0 Å². The Morgan fingerprint density at radius 1 is 1.25 bits per heavy atom. The molecule has 102 valence electrons. The zero-order valence-corrected chi connectivity index (χ0v) is 11.7. The average molecular weight is 266 g/mol. The minimum Gasteiger partial charge on any atom is -0.493 e. The van der Waals surface area contributed by atoms with Crippen molar-refractivity contribution in [1.29, 1.82) is 0 Å². The molecule has 0 radical (unpaired) electrons. The molecule has 0 saturated carbocycles. The van der Waals surface area contributed by atoms with E-state index in [4.69, 9.17) is 4.74 Å². The Morgan fingerprint density at radius 3 is 3.05 bits per heavy atom. The summed E-state index contributed by atoms with van der Waals surface area (Å²) in [7, 11) is 0. The van der Waals surface area contributed by atoms with Gasteiger partial charge in [-0.25, -0.2) is 0 Å². The topological polar surface area (TPSA) is 24.8 Å². The Morgan fingerprint density at radius 2 is 2.15 bits per heavy atom. The maximum atomic E-state index is 5.91. The van der Waals surface area contributed by atoms with E-state index in [1.54, 1.807) is 0 Å². The summed E-state index contributed by atoms with van der Waals surface area (Å²) in [5.74, 6) is 2.07. The molecule has 2 heterocycles. The van der Waals surface area contributed by atoms with Crippen LogP contribution in [-0.4, -0.2) is 30.4 Å². The maximum absolute atomic E-state index is 5.91. The molecule has 3 nitrogen and oxygen atoms in total. The van der Waals surface area contributed by atoms with Gasteiger partial charge in [-0.05, 0) is 30.9 Å². The number of fused-ring (bicyclic) bond motifs is 4. The van der Waals surface area contributed by atoms with Crippen LogP contribution in [0.25, 0.3) is 5.57 Å². The number of nitrogens with zero attached hydrogens (tertiary/aromatic N) is 2. The van der Waals surface area contributed by atoms with Crippen LogP contribution in [0.2, 0.25) is 0 Å². The summed E-state index contributed by atoms with van der Waals surface area (Å²) in [6.07, 6.45) is 4.30. The molecule has 3 heteroatoms.